The van der Waals surface area contributed by atoms with Crippen molar-refractivity contribution in [1.82, 2.24) is 9.88 Å². The van der Waals surface area contributed by atoms with Crippen molar-refractivity contribution < 1.29 is 19.4 Å². The van der Waals surface area contributed by atoms with Crippen LogP contribution >= 0.6 is 15.9 Å². The smallest absolute Gasteiger partial charge is 0.262 e. The van der Waals surface area contributed by atoms with Crippen LogP contribution < -0.4 is 21.3 Å². The van der Waals surface area contributed by atoms with E-state index in [1.165, 1.54) is 7.11 Å². The molecule has 0 saturated carbocycles. The molecule has 0 unspecified atom stereocenters. The molecule has 0 fully saturated rings. The Hall–Kier alpha value is -2.65. The van der Waals surface area contributed by atoms with E-state index in [4.69, 9.17) is 10.5 Å². The Balaban J connectivity index is 2.41. The van der Waals surface area contributed by atoms with E-state index >= 15 is 0 Å². The van der Waals surface area contributed by atoms with Crippen molar-refractivity contribution in [3.63, 3.8) is 0 Å². The predicted molar refractivity (Wildman–Crippen MR) is 88.4 cm³/mol. The number of rotatable bonds is 3. The maximum Gasteiger partial charge on any atom is 0.262 e. The van der Waals surface area contributed by atoms with Gasteiger partial charge in [0, 0.05) is 16.1 Å². The van der Waals surface area contributed by atoms with Crippen LogP contribution in [0.15, 0.2) is 27.5 Å². The summed E-state index contributed by atoms with van der Waals surface area (Å²) in [5.74, 6) is -1.28. The molecule has 124 valence electrons. The van der Waals surface area contributed by atoms with Crippen molar-refractivity contribution in [2.45, 2.75) is 6.61 Å². The van der Waals surface area contributed by atoms with Crippen LogP contribution in [0.4, 0.5) is 5.82 Å². The number of nitrogens with one attached hydrogen (secondary N) is 1. The van der Waals surface area contributed by atoms with Crippen molar-refractivity contribution in [2.24, 2.45) is 0 Å². The third-order valence-corrected chi connectivity index (χ3v) is 4.14. The van der Waals surface area contributed by atoms with E-state index < -0.39 is 17.4 Å². The number of halogens is 1. The van der Waals surface area contributed by atoms with Crippen molar-refractivity contribution in [3.8, 4) is 11.4 Å². The van der Waals surface area contributed by atoms with E-state index in [2.05, 4.69) is 21.2 Å². The third kappa shape index (κ3) is 2.29. The standard InChI is InChI=1S/C15H12BrN3O5/c1-24-9-3-7(16)2-6(5-20)12(9)19-10(21)4-8-11(13(19)17)15(23)18-14(8)22/h2-4,20H,5,17H2,1H3,(H,18,22,23). The molecule has 0 radical (unpaired) electrons. The summed E-state index contributed by atoms with van der Waals surface area (Å²) in [4.78, 5) is 36.2. The quantitative estimate of drug-likeness (QED) is 0.654. The number of imide groups is 1. The molecule has 0 aliphatic carbocycles. The SMILES string of the molecule is COc1cc(Br)cc(CO)c1-n1c(N)c2c(cc1=O)C(=O)NC2=O. The number of amides is 2. The number of nitrogens with two attached hydrogens (primary N) is 1. The normalized spacial score (nSPS) is 13.0. The first-order chi connectivity index (χ1) is 11.4. The first-order valence-electron chi connectivity index (χ1n) is 6.78. The number of hydrogen-bond donors (Lipinski definition) is 3. The van der Waals surface area contributed by atoms with Gasteiger partial charge in [0.05, 0.1) is 30.5 Å². The number of methoxy groups -OCH3 is 1. The minimum Gasteiger partial charge on any atom is -0.495 e. The number of carbonyl (C=O) groups excluding carboxylic acids is 2. The van der Waals surface area contributed by atoms with Gasteiger partial charge in [-0.05, 0) is 12.1 Å². The monoisotopic (exact) mass is 393 g/mol. The zero-order valence-corrected chi connectivity index (χ0v) is 14.0. The van der Waals surface area contributed by atoms with Crippen LogP contribution in [0.3, 0.4) is 0 Å². The topological polar surface area (TPSA) is 124 Å². The minimum absolute atomic E-state index is 0.0691. The molecule has 9 heteroatoms. The Morgan fingerprint density at radius 2 is 1.96 bits per heavy atom. The average molecular weight is 394 g/mol. The molecule has 24 heavy (non-hydrogen) atoms. The summed E-state index contributed by atoms with van der Waals surface area (Å²) >= 11 is 3.29. The molecular weight excluding hydrogens is 382 g/mol. The second-order valence-electron chi connectivity index (χ2n) is 5.05. The summed E-state index contributed by atoms with van der Waals surface area (Å²) in [6, 6.07) is 4.23. The highest BCUT2D eigenvalue weighted by Gasteiger charge is 2.32. The third-order valence-electron chi connectivity index (χ3n) is 3.69. The molecule has 0 atom stereocenters. The molecule has 1 aliphatic rings. The van der Waals surface area contributed by atoms with Gasteiger partial charge >= 0.3 is 0 Å². The minimum atomic E-state index is -0.678. The molecule has 2 heterocycles. The molecule has 4 N–H and O–H groups in total. The Labute approximate surface area is 144 Å². The number of hydrogen-bond acceptors (Lipinski definition) is 6. The first kappa shape index (κ1) is 16.2. The predicted octanol–water partition coefficient (Wildman–Crippen LogP) is 0.567. The number of nitrogens with zero attached hydrogens (tertiary/aromatic N) is 1. The van der Waals surface area contributed by atoms with E-state index in [9.17, 15) is 19.5 Å². The number of nitrogen functional groups attached to an aromatic ring is 1. The van der Waals surface area contributed by atoms with Crippen LogP contribution in [-0.2, 0) is 6.61 Å². The van der Waals surface area contributed by atoms with Crippen LogP contribution in [0, 0.1) is 0 Å². The Morgan fingerprint density at radius 3 is 2.58 bits per heavy atom. The molecular formula is C15H12BrN3O5. The highest BCUT2D eigenvalue weighted by atomic mass is 79.9. The number of fused-ring (bicyclic) bond motifs is 1. The summed E-state index contributed by atoms with van der Waals surface area (Å²) in [5.41, 5.74) is 5.81. The zero-order valence-electron chi connectivity index (χ0n) is 12.4. The van der Waals surface area contributed by atoms with Crippen LogP contribution in [0.5, 0.6) is 5.75 Å². The summed E-state index contributed by atoms with van der Waals surface area (Å²) in [6.45, 7) is -0.390. The number of benzene rings is 1. The van der Waals surface area contributed by atoms with Crippen LogP contribution in [-0.4, -0.2) is 28.6 Å². The fourth-order valence-electron chi connectivity index (χ4n) is 2.67. The van der Waals surface area contributed by atoms with Gasteiger partial charge in [-0.15, -0.1) is 0 Å². The maximum absolute atomic E-state index is 12.5. The summed E-state index contributed by atoms with van der Waals surface area (Å²) in [7, 11) is 1.40. The Bertz CT molecular complexity index is 926. The fourth-order valence-corrected chi connectivity index (χ4v) is 3.15. The number of pyridine rings is 1. The molecule has 1 aliphatic heterocycles. The number of ether oxygens (including phenoxy) is 1. The van der Waals surface area contributed by atoms with Crippen LogP contribution in [0.2, 0.25) is 0 Å². The molecule has 1 aromatic carbocycles. The number of anilines is 1. The lowest BCUT2D eigenvalue weighted by Gasteiger charge is -2.18. The van der Waals surface area contributed by atoms with Crippen molar-refractivity contribution in [2.75, 3.05) is 12.8 Å². The lowest BCUT2D eigenvalue weighted by Crippen LogP contribution is -2.25. The molecule has 2 amide bonds. The molecule has 0 saturated heterocycles. The van der Waals surface area contributed by atoms with Gasteiger partial charge in [-0.2, -0.15) is 0 Å². The van der Waals surface area contributed by atoms with Crippen molar-refractivity contribution in [1.29, 1.82) is 0 Å². The summed E-state index contributed by atoms with van der Waals surface area (Å²) < 4.78 is 6.96. The highest BCUT2D eigenvalue weighted by molar-refractivity contribution is 9.10. The largest absolute Gasteiger partial charge is 0.495 e. The molecule has 2 aromatic rings. The molecule has 1 aromatic heterocycles. The second-order valence-corrected chi connectivity index (χ2v) is 5.96. The van der Waals surface area contributed by atoms with Gasteiger partial charge in [0.15, 0.2) is 0 Å². The van der Waals surface area contributed by atoms with Gasteiger partial charge in [-0.1, -0.05) is 15.9 Å². The molecule has 3 rings (SSSR count). The Morgan fingerprint density at radius 1 is 1.25 bits per heavy atom. The van der Waals surface area contributed by atoms with Gasteiger partial charge in [0.1, 0.15) is 11.6 Å². The van der Waals surface area contributed by atoms with Crippen LogP contribution in [0.25, 0.3) is 5.69 Å². The van der Waals surface area contributed by atoms with Crippen LogP contribution in [0.1, 0.15) is 26.3 Å². The lowest BCUT2D eigenvalue weighted by atomic mass is 10.1. The van der Waals surface area contributed by atoms with Gasteiger partial charge in [0.2, 0.25) is 0 Å². The van der Waals surface area contributed by atoms with E-state index in [0.29, 0.717) is 10.0 Å². The fraction of sp³-hybridized carbons (Fsp3) is 0.133. The van der Waals surface area contributed by atoms with E-state index in [1.54, 1.807) is 12.1 Å². The second kappa shape index (κ2) is 5.77. The number of aliphatic hydroxyl groups is 1. The Kier molecular flexibility index (Phi) is 3.90. The zero-order chi connectivity index (χ0) is 17.6. The van der Waals surface area contributed by atoms with Crippen molar-refractivity contribution in [3.05, 3.63) is 49.7 Å². The van der Waals surface area contributed by atoms with Crippen molar-refractivity contribution >= 4 is 33.6 Å². The first-order valence-corrected chi connectivity index (χ1v) is 7.57. The number of carbonyl (C=O) groups is 2. The summed E-state index contributed by atoms with van der Waals surface area (Å²) in [5, 5.41) is 11.7. The van der Waals surface area contributed by atoms with E-state index in [-0.39, 0.29) is 35.0 Å². The van der Waals surface area contributed by atoms with Gasteiger partial charge in [0.25, 0.3) is 17.4 Å². The van der Waals surface area contributed by atoms with Gasteiger partial charge < -0.3 is 15.6 Å². The number of aromatic nitrogens is 1. The average Bonchev–Trinajstić information content (AvgIpc) is 2.82. The molecule has 0 spiro atoms. The maximum atomic E-state index is 12.5. The van der Waals surface area contributed by atoms with Gasteiger partial charge in [-0.25, -0.2) is 0 Å². The van der Waals surface area contributed by atoms with E-state index in [0.717, 1.165) is 10.6 Å². The number of aliphatic hydroxyl groups excluding tert-OH is 1. The lowest BCUT2D eigenvalue weighted by molar-refractivity contribution is 0.0880. The highest BCUT2D eigenvalue weighted by Crippen LogP contribution is 2.33. The molecule has 8 nitrogen and oxygen atoms in total. The summed E-state index contributed by atoms with van der Waals surface area (Å²) in [6.07, 6.45) is 0. The van der Waals surface area contributed by atoms with E-state index in [1.807, 2.05) is 0 Å². The van der Waals surface area contributed by atoms with Gasteiger partial charge in [-0.3, -0.25) is 24.3 Å². The molecule has 0 bridgehead atoms.